The molecule has 0 aliphatic carbocycles. The molecule has 0 fully saturated rings. The van der Waals surface area contributed by atoms with Gasteiger partial charge in [-0.2, -0.15) is 0 Å². The van der Waals surface area contributed by atoms with Crippen LogP contribution in [0.4, 0.5) is 0 Å². The van der Waals surface area contributed by atoms with E-state index in [9.17, 15) is 4.79 Å². The van der Waals surface area contributed by atoms with E-state index in [1.165, 1.54) is 0 Å². The number of rotatable bonds is 8. The van der Waals surface area contributed by atoms with E-state index in [4.69, 9.17) is 4.74 Å². The predicted octanol–water partition coefficient (Wildman–Crippen LogP) is 3.55. The van der Waals surface area contributed by atoms with E-state index in [0.717, 1.165) is 13.0 Å². The molecule has 0 bridgehead atoms. The molecule has 0 aromatic heterocycles. The second-order valence-electron chi connectivity index (χ2n) is 5.81. The Morgan fingerprint density at radius 1 is 0.938 bits per heavy atom. The van der Waals surface area contributed by atoms with E-state index >= 15 is 0 Å². The first-order valence-electron chi connectivity index (χ1n) is 6.46. The van der Waals surface area contributed by atoms with Crippen molar-refractivity contribution in [3.63, 3.8) is 0 Å². The van der Waals surface area contributed by atoms with Crippen LogP contribution in [0.25, 0.3) is 0 Å². The number of carbonyl (C=O) groups excluding carboxylic acids is 1. The molecular weight excluding hydrogens is 200 g/mol. The van der Waals surface area contributed by atoms with Crippen LogP contribution in [0, 0.1) is 23.7 Å². The molecular formula is C14H28O2. The van der Waals surface area contributed by atoms with Gasteiger partial charge in [0.25, 0.3) is 0 Å². The maximum absolute atomic E-state index is 12.0. The van der Waals surface area contributed by atoms with Gasteiger partial charge in [-0.25, -0.2) is 0 Å². The number of hydrogen-bond acceptors (Lipinski definition) is 2. The van der Waals surface area contributed by atoms with Gasteiger partial charge in [-0.05, 0) is 18.3 Å². The summed E-state index contributed by atoms with van der Waals surface area (Å²) < 4.78 is 5.61. The molecule has 0 spiro atoms. The third-order valence-electron chi connectivity index (χ3n) is 2.50. The van der Waals surface area contributed by atoms with Crippen molar-refractivity contribution in [2.45, 2.75) is 48.0 Å². The summed E-state index contributed by atoms with van der Waals surface area (Å²) in [6.45, 7) is 13.8. The highest BCUT2D eigenvalue weighted by Crippen LogP contribution is 2.17. The second-order valence-corrected chi connectivity index (χ2v) is 5.81. The number of Topliss-reactive ketones (excluding diaryl/α,β-unsaturated/α-hetero) is 1. The molecule has 96 valence electrons. The van der Waals surface area contributed by atoms with Gasteiger partial charge in [0.2, 0.25) is 0 Å². The molecule has 2 nitrogen and oxygen atoms in total. The monoisotopic (exact) mass is 228 g/mol. The van der Waals surface area contributed by atoms with Crippen molar-refractivity contribution in [3.05, 3.63) is 0 Å². The maximum atomic E-state index is 12.0. The molecule has 0 aliphatic heterocycles. The van der Waals surface area contributed by atoms with Crippen molar-refractivity contribution in [1.29, 1.82) is 0 Å². The molecule has 0 amide bonds. The first kappa shape index (κ1) is 15.6. The zero-order chi connectivity index (χ0) is 12.7. The third-order valence-corrected chi connectivity index (χ3v) is 2.50. The molecule has 0 aliphatic rings. The quantitative estimate of drug-likeness (QED) is 0.635. The number of ether oxygens (including phenoxy) is 1. The lowest BCUT2D eigenvalue weighted by Crippen LogP contribution is -2.26. The third kappa shape index (κ3) is 7.00. The molecule has 2 heteroatoms. The molecule has 1 atom stereocenters. The average Bonchev–Trinajstić information content (AvgIpc) is 2.13. The molecule has 0 saturated heterocycles. The molecule has 0 radical (unpaired) electrons. The highest BCUT2D eigenvalue weighted by molar-refractivity contribution is 5.82. The summed E-state index contributed by atoms with van der Waals surface area (Å²) in [7, 11) is 0. The van der Waals surface area contributed by atoms with E-state index in [1.54, 1.807) is 0 Å². The molecule has 0 heterocycles. The van der Waals surface area contributed by atoms with Gasteiger partial charge < -0.3 is 4.74 Å². The Kier molecular flexibility index (Phi) is 7.65. The van der Waals surface area contributed by atoms with Crippen LogP contribution in [0.2, 0.25) is 0 Å². The fourth-order valence-corrected chi connectivity index (χ4v) is 1.75. The summed E-state index contributed by atoms with van der Waals surface area (Å²) in [5, 5.41) is 0. The fourth-order valence-electron chi connectivity index (χ4n) is 1.75. The van der Waals surface area contributed by atoms with Crippen molar-refractivity contribution in [1.82, 2.24) is 0 Å². The van der Waals surface area contributed by atoms with E-state index in [1.807, 2.05) is 13.8 Å². The highest BCUT2D eigenvalue weighted by Gasteiger charge is 2.22. The normalized spacial score (nSPS) is 13.8. The Morgan fingerprint density at radius 2 is 1.50 bits per heavy atom. The van der Waals surface area contributed by atoms with Crippen LogP contribution in [0.1, 0.15) is 48.0 Å². The zero-order valence-electron chi connectivity index (χ0n) is 11.7. The minimum Gasteiger partial charge on any atom is -0.380 e. The topological polar surface area (TPSA) is 26.3 Å². The van der Waals surface area contributed by atoms with Gasteiger partial charge in [0.1, 0.15) is 5.78 Å². The Balaban J connectivity index is 4.15. The molecule has 0 aromatic rings. The van der Waals surface area contributed by atoms with Gasteiger partial charge in [0.15, 0.2) is 0 Å². The van der Waals surface area contributed by atoms with Crippen molar-refractivity contribution in [3.8, 4) is 0 Å². The summed E-state index contributed by atoms with van der Waals surface area (Å²) in [6.07, 6.45) is 0.940. The maximum Gasteiger partial charge on any atom is 0.140 e. The smallest absolute Gasteiger partial charge is 0.140 e. The first-order valence-corrected chi connectivity index (χ1v) is 6.46. The minimum atomic E-state index is 0.0822. The second kappa shape index (κ2) is 7.83. The Labute approximate surface area is 101 Å². The van der Waals surface area contributed by atoms with E-state index in [0.29, 0.717) is 24.2 Å². The molecule has 0 aromatic carbocycles. The molecule has 0 unspecified atom stereocenters. The van der Waals surface area contributed by atoms with Crippen molar-refractivity contribution < 1.29 is 9.53 Å². The summed E-state index contributed by atoms with van der Waals surface area (Å²) in [5.74, 6) is 1.63. The lowest BCUT2D eigenvalue weighted by Gasteiger charge is -2.20. The Hall–Kier alpha value is -0.370. The summed E-state index contributed by atoms with van der Waals surface area (Å²) in [6, 6.07) is 0. The number of ketones is 1. The van der Waals surface area contributed by atoms with Crippen molar-refractivity contribution in [2.75, 3.05) is 13.2 Å². The van der Waals surface area contributed by atoms with Crippen LogP contribution in [0.15, 0.2) is 0 Å². The lowest BCUT2D eigenvalue weighted by atomic mass is 9.89. The molecule has 0 N–H and O–H groups in total. The van der Waals surface area contributed by atoms with E-state index in [2.05, 4.69) is 27.7 Å². The average molecular weight is 228 g/mol. The fraction of sp³-hybridized carbons (Fsp3) is 0.929. The van der Waals surface area contributed by atoms with E-state index < -0.39 is 0 Å². The summed E-state index contributed by atoms with van der Waals surface area (Å²) in [5.41, 5.74) is 0. The van der Waals surface area contributed by atoms with Gasteiger partial charge in [0, 0.05) is 18.4 Å². The molecule has 0 rings (SSSR count). The van der Waals surface area contributed by atoms with Crippen LogP contribution < -0.4 is 0 Å². The Bertz CT molecular complexity index is 195. The highest BCUT2D eigenvalue weighted by atomic mass is 16.5. The van der Waals surface area contributed by atoms with Crippen molar-refractivity contribution >= 4 is 5.78 Å². The van der Waals surface area contributed by atoms with Crippen LogP contribution in [-0.4, -0.2) is 19.0 Å². The lowest BCUT2D eigenvalue weighted by molar-refractivity contribution is -0.128. The van der Waals surface area contributed by atoms with Gasteiger partial charge in [-0.15, -0.1) is 0 Å². The van der Waals surface area contributed by atoms with Crippen LogP contribution >= 0.6 is 0 Å². The van der Waals surface area contributed by atoms with Gasteiger partial charge in [-0.1, -0.05) is 41.5 Å². The van der Waals surface area contributed by atoms with Gasteiger partial charge in [-0.3, -0.25) is 4.79 Å². The largest absolute Gasteiger partial charge is 0.380 e. The minimum absolute atomic E-state index is 0.0822. The van der Waals surface area contributed by atoms with Gasteiger partial charge >= 0.3 is 0 Å². The predicted molar refractivity (Wildman–Crippen MR) is 68.4 cm³/mol. The number of hydrogen-bond donors (Lipinski definition) is 0. The first-order chi connectivity index (χ1) is 7.34. The standard InChI is InChI=1S/C14H28O2/c1-10(2)7-13(14(15)12(5)6)9-16-8-11(3)4/h10-13H,7-9H2,1-6H3/t13-/m0/s1. The van der Waals surface area contributed by atoms with Crippen molar-refractivity contribution in [2.24, 2.45) is 23.7 Å². The number of carbonyl (C=O) groups is 1. The van der Waals surface area contributed by atoms with Crippen LogP contribution in [0.5, 0.6) is 0 Å². The molecule has 0 saturated carbocycles. The SMILES string of the molecule is CC(C)COC[C@H](CC(C)C)C(=O)C(C)C. The van der Waals surface area contributed by atoms with Crippen LogP contribution in [-0.2, 0) is 9.53 Å². The zero-order valence-corrected chi connectivity index (χ0v) is 11.7. The van der Waals surface area contributed by atoms with Crippen LogP contribution in [0.3, 0.4) is 0 Å². The summed E-state index contributed by atoms with van der Waals surface area (Å²) >= 11 is 0. The molecule has 16 heavy (non-hydrogen) atoms. The van der Waals surface area contributed by atoms with Gasteiger partial charge in [0.05, 0.1) is 6.61 Å². The Morgan fingerprint density at radius 3 is 1.88 bits per heavy atom. The summed E-state index contributed by atoms with van der Waals surface area (Å²) in [4.78, 5) is 12.0. The van der Waals surface area contributed by atoms with E-state index in [-0.39, 0.29) is 11.8 Å².